The van der Waals surface area contributed by atoms with Crippen LogP contribution in [0.1, 0.15) is 47.0 Å². The molecule has 6 heteroatoms. The van der Waals surface area contributed by atoms with Gasteiger partial charge in [-0.25, -0.2) is 8.42 Å². The highest BCUT2D eigenvalue weighted by molar-refractivity contribution is 7.93. The van der Waals surface area contributed by atoms with Crippen LogP contribution in [-0.2, 0) is 9.84 Å². The van der Waals surface area contributed by atoms with E-state index in [2.05, 4.69) is 0 Å². The van der Waals surface area contributed by atoms with Crippen LogP contribution in [0.25, 0.3) is 0 Å². The molecule has 0 spiro atoms. The lowest BCUT2D eigenvalue weighted by molar-refractivity contribution is -0.0456. The van der Waals surface area contributed by atoms with Crippen molar-refractivity contribution >= 4 is 9.84 Å². The van der Waals surface area contributed by atoms with Gasteiger partial charge in [0.15, 0.2) is 0 Å². The van der Waals surface area contributed by atoms with Crippen LogP contribution in [0.5, 0.6) is 0 Å². The van der Waals surface area contributed by atoms with E-state index in [1.165, 1.54) is 0 Å². The first-order chi connectivity index (χ1) is 6.92. The Morgan fingerprint density at radius 1 is 1.12 bits per heavy atom. The van der Waals surface area contributed by atoms with Crippen molar-refractivity contribution in [1.82, 2.24) is 0 Å². The van der Waals surface area contributed by atoms with Crippen LogP contribution in [0.4, 0.5) is 13.2 Å². The van der Waals surface area contributed by atoms with Crippen molar-refractivity contribution in [3.05, 3.63) is 0 Å². The smallest absolute Gasteiger partial charge is 0.219 e. The molecule has 98 valence electrons. The van der Waals surface area contributed by atoms with Gasteiger partial charge in [0, 0.05) is 0 Å². The molecule has 16 heavy (non-hydrogen) atoms. The zero-order chi connectivity index (χ0) is 13.2. The molecule has 0 heterocycles. The van der Waals surface area contributed by atoms with E-state index in [1.54, 1.807) is 0 Å². The predicted molar refractivity (Wildman–Crippen MR) is 57.7 cm³/mol. The quantitative estimate of drug-likeness (QED) is 0.757. The Labute approximate surface area is 95.1 Å². The van der Waals surface area contributed by atoms with Gasteiger partial charge in [0.05, 0.1) is 4.75 Å². The zero-order valence-corrected chi connectivity index (χ0v) is 10.9. The van der Waals surface area contributed by atoms with Crippen LogP contribution in [0, 0.1) is 5.92 Å². The van der Waals surface area contributed by atoms with Crippen LogP contribution in [-0.4, -0.2) is 18.7 Å². The molecule has 0 N–H and O–H groups in total. The van der Waals surface area contributed by atoms with Crippen LogP contribution < -0.4 is 0 Å². The summed E-state index contributed by atoms with van der Waals surface area (Å²) in [5.41, 5.74) is -5.16. The Kier molecular flexibility index (Phi) is 4.86. The Morgan fingerprint density at radius 3 is 1.88 bits per heavy atom. The van der Waals surface area contributed by atoms with Crippen molar-refractivity contribution < 1.29 is 21.6 Å². The van der Waals surface area contributed by atoms with Crippen molar-refractivity contribution in [2.75, 3.05) is 0 Å². The second kappa shape index (κ2) is 4.94. The van der Waals surface area contributed by atoms with Crippen molar-refractivity contribution in [1.29, 1.82) is 0 Å². The molecular formula is C10H19F3O2S. The molecule has 0 aliphatic rings. The maximum Gasteiger partial charge on any atom is 0.497 e. The highest BCUT2D eigenvalue weighted by Crippen LogP contribution is 2.36. The minimum Gasteiger partial charge on any atom is -0.219 e. The minimum atomic E-state index is -5.16. The molecule has 2 nitrogen and oxygen atoms in total. The number of alkyl halides is 3. The van der Waals surface area contributed by atoms with Crippen LogP contribution in [0.3, 0.4) is 0 Å². The van der Waals surface area contributed by atoms with E-state index in [9.17, 15) is 21.6 Å². The van der Waals surface area contributed by atoms with Crippen LogP contribution in [0.15, 0.2) is 0 Å². The summed E-state index contributed by atoms with van der Waals surface area (Å²) in [7, 11) is -5.07. The van der Waals surface area contributed by atoms with Gasteiger partial charge in [-0.05, 0) is 26.2 Å². The van der Waals surface area contributed by atoms with Gasteiger partial charge in [0.1, 0.15) is 0 Å². The highest BCUT2D eigenvalue weighted by atomic mass is 32.2. The lowest BCUT2D eigenvalue weighted by atomic mass is 10.0. The fraction of sp³-hybridized carbons (Fsp3) is 1.00. The summed E-state index contributed by atoms with van der Waals surface area (Å²) >= 11 is 0. The number of hydrogen-bond acceptors (Lipinski definition) is 2. The van der Waals surface area contributed by atoms with Gasteiger partial charge in [-0.1, -0.05) is 26.7 Å². The Bertz CT molecular complexity index is 315. The molecule has 0 aromatic rings. The van der Waals surface area contributed by atoms with Gasteiger partial charge in [-0.2, -0.15) is 13.2 Å². The van der Waals surface area contributed by atoms with E-state index in [1.807, 2.05) is 13.8 Å². The second-order valence-corrected chi connectivity index (χ2v) is 7.57. The molecule has 0 aliphatic heterocycles. The molecule has 0 saturated carbocycles. The summed E-state index contributed by atoms with van der Waals surface area (Å²) in [5, 5.41) is 0. The Balaban J connectivity index is 4.68. The third kappa shape index (κ3) is 3.64. The van der Waals surface area contributed by atoms with Crippen molar-refractivity contribution in [2.24, 2.45) is 5.92 Å². The van der Waals surface area contributed by atoms with E-state index >= 15 is 0 Å². The normalized spacial score (nSPS) is 14.5. The predicted octanol–water partition coefficient (Wildman–Crippen LogP) is 3.53. The van der Waals surface area contributed by atoms with E-state index in [4.69, 9.17) is 0 Å². The molecule has 0 aliphatic carbocycles. The number of halogens is 3. The molecule has 0 saturated heterocycles. The largest absolute Gasteiger partial charge is 0.497 e. The highest BCUT2D eigenvalue weighted by Gasteiger charge is 2.54. The lowest BCUT2D eigenvalue weighted by Crippen LogP contribution is -2.41. The minimum absolute atomic E-state index is 0.0347. The number of sulfone groups is 1. The summed E-state index contributed by atoms with van der Waals surface area (Å²) in [4.78, 5) is 0. The van der Waals surface area contributed by atoms with Crippen LogP contribution in [0.2, 0.25) is 0 Å². The molecule has 0 rings (SSSR count). The van der Waals surface area contributed by atoms with Gasteiger partial charge in [0.2, 0.25) is 0 Å². The first-order valence-corrected chi connectivity index (χ1v) is 6.71. The zero-order valence-electron chi connectivity index (χ0n) is 10.1. The van der Waals surface area contributed by atoms with Gasteiger partial charge < -0.3 is 0 Å². The van der Waals surface area contributed by atoms with Gasteiger partial charge in [0.25, 0.3) is 9.84 Å². The van der Waals surface area contributed by atoms with E-state index in [0.29, 0.717) is 12.3 Å². The molecule has 0 atom stereocenters. The number of hydrogen-bond donors (Lipinski definition) is 0. The first kappa shape index (κ1) is 15.7. The summed E-state index contributed by atoms with van der Waals surface area (Å²) in [5.74, 6) is 0.365. The molecular weight excluding hydrogens is 241 g/mol. The summed E-state index contributed by atoms with van der Waals surface area (Å²) in [6, 6.07) is 0. The maximum atomic E-state index is 12.3. The standard InChI is InChI=1S/C10H19F3O2S/c1-8(2)6-5-7-9(3,4)16(14,15)10(11,12)13/h8H,5-7H2,1-4H3. The van der Waals surface area contributed by atoms with E-state index in [-0.39, 0.29) is 6.42 Å². The molecule has 0 aromatic carbocycles. The third-order valence-corrected chi connectivity index (χ3v) is 4.86. The van der Waals surface area contributed by atoms with E-state index in [0.717, 1.165) is 20.3 Å². The average Bonchev–Trinajstić information content (AvgIpc) is 2.00. The summed E-state index contributed by atoms with van der Waals surface area (Å²) < 4.78 is 57.7. The van der Waals surface area contributed by atoms with E-state index < -0.39 is 20.1 Å². The molecule has 0 radical (unpaired) electrons. The molecule has 0 bridgehead atoms. The second-order valence-electron chi connectivity index (χ2n) is 4.99. The maximum absolute atomic E-state index is 12.3. The molecule has 0 aromatic heterocycles. The fourth-order valence-corrected chi connectivity index (χ4v) is 2.42. The van der Waals surface area contributed by atoms with Crippen LogP contribution >= 0.6 is 0 Å². The topological polar surface area (TPSA) is 34.1 Å². The lowest BCUT2D eigenvalue weighted by Gasteiger charge is -2.26. The fourth-order valence-electron chi connectivity index (χ4n) is 1.38. The third-order valence-electron chi connectivity index (χ3n) is 2.59. The van der Waals surface area contributed by atoms with Crippen molar-refractivity contribution in [3.63, 3.8) is 0 Å². The average molecular weight is 260 g/mol. The Morgan fingerprint density at radius 2 is 1.56 bits per heavy atom. The molecule has 0 unspecified atom stereocenters. The molecule has 0 amide bonds. The number of rotatable bonds is 5. The van der Waals surface area contributed by atoms with Crippen molar-refractivity contribution in [3.8, 4) is 0 Å². The summed E-state index contributed by atoms with van der Waals surface area (Å²) in [6.45, 7) is 6.17. The van der Waals surface area contributed by atoms with Crippen molar-refractivity contribution in [2.45, 2.75) is 57.2 Å². The van der Waals surface area contributed by atoms with Gasteiger partial charge in [-0.3, -0.25) is 0 Å². The van der Waals surface area contributed by atoms with Gasteiger partial charge >= 0.3 is 5.51 Å². The van der Waals surface area contributed by atoms with Gasteiger partial charge in [-0.15, -0.1) is 0 Å². The Hall–Kier alpha value is -0.260. The molecule has 0 fully saturated rings. The monoisotopic (exact) mass is 260 g/mol. The first-order valence-electron chi connectivity index (χ1n) is 5.23. The SMILES string of the molecule is CC(C)CCCC(C)(C)S(=O)(=O)C(F)(F)F. The summed E-state index contributed by atoms with van der Waals surface area (Å²) in [6.07, 6.45) is 1.25.